The highest BCUT2D eigenvalue weighted by molar-refractivity contribution is 5.95. The highest BCUT2D eigenvalue weighted by Crippen LogP contribution is 2.33. The first-order valence-electron chi connectivity index (χ1n) is 7.46. The number of hydrogen-bond donors (Lipinski definition) is 0. The average Bonchev–Trinajstić information content (AvgIpc) is 2.48. The van der Waals surface area contributed by atoms with E-state index in [1.54, 1.807) is 0 Å². The van der Waals surface area contributed by atoms with Crippen LogP contribution in [0.15, 0.2) is 24.3 Å². The molecule has 1 amide bonds. The molecule has 0 aromatic heterocycles. The minimum Gasteiger partial charge on any atom is -0.494 e. The van der Waals surface area contributed by atoms with Gasteiger partial charge in [-0.2, -0.15) is 0 Å². The first-order valence-corrected chi connectivity index (χ1v) is 7.46. The summed E-state index contributed by atoms with van der Waals surface area (Å²) in [6.45, 7) is 2.79. The van der Waals surface area contributed by atoms with E-state index in [9.17, 15) is 4.79 Å². The Kier molecular flexibility index (Phi) is 3.92. The van der Waals surface area contributed by atoms with Crippen LogP contribution in [-0.4, -0.2) is 31.3 Å². The lowest BCUT2D eigenvalue weighted by Crippen LogP contribution is -2.55. The number of carbonyl (C=O) groups is 1. The molecule has 1 aromatic carbocycles. The molecule has 1 saturated carbocycles. The first kappa shape index (κ1) is 13.4. The summed E-state index contributed by atoms with van der Waals surface area (Å²) < 4.78 is 11.2. The maximum atomic E-state index is 12.3. The number of carbonyl (C=O) groups excluding carboxylic acids is 1. The Hall–Kier alpha value is -1.55. The molecule has 1 aliphatic carbocycles. The smallest absolute Gasteiger partial charge is 0.253 e. The Balaban J connectivity index is 1.89. The number of anilines is 1. The highest BCUT2D eigenvalue weighted by atomic mass is 16.5. The quantitative estimate of drug-likeness (QED) is 0.851. The Morgan fingerprint density at radius 1 is 1.35 bits per heavy atom. The number of morpholine rings is 1. The Labute approximate surface area is 119 Å². The van der Waals surface area contributed by atoms with E-state index in [1.807, 2.05) is 36.1 Å². The molecule has 4 heteroatoms. The van der Waals surface area contributed by atoms with Gasteiger partial charge < -0.3 is 14.4 Å². The molecule has 1 saturated heterocycles. The third-order valence-electron chi connectivity index (χ3n) is 4.10. The SMILES string of the molecule is CCOc1cccc(N2C(=O)COC3CCCCC32)c1. The first-order chi connectivity index (χ1) is 9.79. The van der Waals surface area contributed by atoms with Crippen molar-refractivity contribution >= 4 is 11.6 Å². The molecule has 2 unspecified atom stereocenters. The third-order valence-corrected chi connectivity index (χ3v) is 4.10. The lowest BCUT2D eigenvalue weighted by atomic mass is 9.89. The summed E-state index contributed by atoms with van der Waals surface area (Å²) in [6, 6.07) is 7.99. The van der Waals surface area contributed by atoms with E-state index < -0.39 is 0 Å². The molecule has 4 nitrogen and oxygen atoms in total. The predicted octanol–water partition coefficient (Wildman–Crippen LogP) is 2.76. The number of ether oxygens (including phenoxy) is 2. The zero-order valence-corrected chi connectivity index (χ0v) is 11.9. The van der Waals surface area contributed by atoms with Gasteiger partial charge in [0.05, 0.1) is 18.8 Å². The Morgan fingerprint density at radius 2 is 2.20 bits per heavy atom. The van der Waals surface area contributed by atoms with Crippen LogP contribution in [0.5, 0.6) is 5.75 Å². The van der Waals surface area contributed by atoms with Gasteiger partial charge in [-0.3, -0.25) is 4.79 Å². The van der Waals surface area contributed by atoms with Crippen molar-refractivity contribution in [2.75, 3.05) is 18.1 Å². The normalized spacial score (nSPS) is 26.2. The number of rotatable bonds is 3. The van der Waals surface area contributed by atoms with E-state index in [0.717, 1.165) is 24.3 Å². The Morgan fingerprint density at radius 3 is 3.05 bits per heavy atom. The third kappa shape index (κ3) is 2.52. The molecule has 108 valence electrons. The van der Waals surface area contributed by atoms with Crippen LogP contribution in [-0.2, 0) is 9.53 Å². The van der Waals surface area contributed by atoms with Crippen LogP contribution < -0.4 is 9.64 Å². The maximum absolute atomic E-state index is 12.3. The fourth-order valence-corrected chi connectivity index (χ4v) is 3.23. The number of fused-ring (bicyclic) bond motifs is 1. The molecular weight excluding hydrogens is 254 g/mol. The number of hydrogen-bond acceptors (Lipinski definition) is 3. The minimum atomic E-state index is 0.0572. The van der Waals surface area contributed by atoms with Crippen LogP contribution in [0.3, 0.4) is 0 Å². The average molecular weight is 275 g/mol. The van der Waals surface area contributed by atoms with E-state index in [4.69, 9.17) is 9.47 Å². The molecular formula is C16H21NO3. The minimum absolute atomic E-state index is 0.0572. The summed E-state index contributed by atoms with van der Waals surface area (Å²) in [5.41, 5.74) is 0.932. The van der Waals surface area contributed by atoms with Gasteiger partial charge in [-0.1, -0.05) is 18.9 Å². The van der Waals surface area contributed by atoms with Crippen molar-refractivity contribution in [2.45, 2.75) is 44.8 Å². The molecule has 2 fully saturated rings. The fraction of sp³-hybridized carbons (Fsp3) is 0.562. The summed E-state index contributed by atoms with van der Waals surface area (Å²) in [6.07, 6.45) is 4.63. The molecule has 0 N–H and O–H groups in total. The van der Waals surface area contributed by atoms with Gasteiger partial charge >= 0.3 is 0 Å². The molecule has 0 spiro atoms. The molecule has 20 heavy (non-hydrogen) atoms. The van der Waals surface area contributed by atoms with Crippen LogP contribution >= 0.6 is 0 Å². The number of benzene rings is 1. The maximum Gasteiger partial charge on any atom is 0.253 e. The van der Waals surface area contributed by atoms with E-state index in [0.29, 0.717) is 6.61 Å². The summed E-state index contributed by atoms with van der Waals surface area (Å²) >= 11 is 0. The molecule has 0 bridgehead atoms. The zero-order valence-electron chi connectivity index (χ0n) is 11.9. The van der Waals surface area contributed by atoms with Crippen molar-refractivity contribution in [3.63, 3.8) is 0 Å². The van der Waals surface area contributed by atoms with Gasteiger partial charge in [-0.15, -0.1) is 0 Å². The predicted molar refractivity (Wildman–Crippen MR) is 77.1 cm³/mol. The topological polar surface area (TPSA) is 38.8 Å². The van der Waals surface area contributed by atoms with Gasteiger partial charge in [0.2, 0.25) is 0 Å². The zero-order chi connectivity index (χ0) is 13.9. The van der Waals surface area contributed by atoms with Gasteiger partial charge in [0.15, 0.2) is 0 Å². The van der Waals surface area contributed by atoms with Gasteiger partial charge in [0.1, 0.15) is 12.4 Å². The lowest BCUT2D eigenvalue weighted by Gasteiger charge is -2.43. The van der Waals surface area contributed by atoms with Crippen molar-refractivity contribution in [2.24, 2.45) is 0 Å². The summed E-state index contributed by atoms with van der Waals surface area (Å²) in [5.74, 6) is 0.874. The van der Waals surface area contributed by atoms with E-state index in [1.165, 1.54) is 12.8 Å². The molecule has 1 aromatic rings. The van der Waals surface area contributed by atoms with Gasteiger partial charge in [0, 0.05) is 11.8 Å². The van der Waals surface area contributed by atoms with Crippen LogP contribution in [0, 0.1) is 0 Å². The van der Waals surface area contributed by atoms with E-state index in [2.05, 4.69) is 0 Å². The van der Waals surface area contributed by atoms with Crippen LogP contribution in [0.25, 0.3) is 0 Å². The monoisotopic (exact) mass is 275 g/mol. The van der Waals surface area contributed by atoms with Crippen LogP contribution in [0.1, 0.15) is 32.6 Å². The van der Waals surface area contributed by atoms with Crippen molar-refractivity contribution in [3.05, 3.63) is 24.3 Å². The van der Waals surface area contributed by atoms with Gasteiger partial charge in [-0.25, -0.2) is 0 Å². The van der Waals surface area contributed by atoms with Crippen LogP contribution in [0.4, 0.5) is 5.69 Å². The van der Waals surface area contributed by atoms with Crippen molar-refractivity contribution in [1.29, 1.82) is 0 Å². The summed E-state index contributed by atoms with van der Waals surface area (Å²) in [5, 5.41) is 0. The largest absolute Gasteiger partial charge is 0.494 e. The lowest BCUT2D eigenvalue weighted by molar-refractivity contribution is -0.133. The van der Waals surface area contributed by atoms with E-state index >= 15 is 0 Å². The second kappa shape index (κ2) is 5.83. The number of nitrogens with zero attached hydrogens (tertiary/aromatic N) is 1. The Bertz CT molecular complexity index is 488. The second-order valence-corrected chi connectivity index (χ2v) is 5.40. The van der Waals surface area contributed by atoms with Crippen molar-refractivity contribution in [3.8, 4) is 5.75 Å². The van der Waals surface area contributed by atoms with E-state index in [-0.39, 0.29) is 24.7 Å². The van der Waals surface area contributed by atoms with Gasteiger partial charge in [-0.05, 0) is 31.9 Å². The number of amides is 1. The molecule has 3 rings (SSSR count). The molecule has 2 atom stereocenters. The fourth-order valence-electron chi connectivity index (χ4n) is 3.23. The standard InChI is InChI=1S/C16H21NO3/c1-2-19-13-7-5-6-12(10-13)17-14-8-3-4-9-15(14)20-11-16(17)18/h5-7,10,14-15H,2-4,8-9,11H2,1H3. The molecule has 2 aliphatic rings. The van der Waals surface area contributed by atoms with Crippen molar-refractivity contribution in [1.82, 2.24) is 0 Å². The second-order valence-electron chi connectivity index (χ2n) is 5.40. The summed E-state index contributed by atoms with van der Waals surface area (Å²) in [4.78, 5) is 14.2. The molecule has 1 aliphatic heterocycles. The van der Waals surface area contributed by atoms with Crippen LogP contribution in [0.2, 0.25) is 0 Å². The molecule has 0 radical (unpaired) electrons. The molecule has 1 heterocycles. The van der Waals surface area contributed by atoms with Gasteiger partial charge in [0.25, 0.3) is 5.91 Å². The summed E-state index contributed by atoms with van der Waals surface area (Å²) in [7, 11) is 0. The highest BCUT2D eigenvalue weighted by Gasteiger charge is 2.38. The van der Waals surface area contributed by atoms with Crippen molar-refractivity contribution < 1.29 is 14.3 Å².